The largest absolute Gasteiger partial charge is 0.384 e. The first-order valence-electron chi connectivity index (χ1n) is 6.36. The molecule has 1 N–H and O–H groups in total. The predicted molar refractivity (Wildman–Crippen MR) is 67.8 cm³/mol. The molecule has 5 heteroatoms. The number of aromatic nitrogens is 1. The lowest BCUT2D eigenvalue weighted by atomic mass is 10.1. The van der Waals surface area contributed by atoms with Crippen molar-refractivity contribution in [1.29, 1.82) is 0 Å². The Bertz CT molecular complexity index is 668. The third-order valence-corrected chi connectivity index (χ3v) is 3.49. The molecule has 1 aromatic heterocycles. The van der Waals surface area contributed by atoms with Crippen LogP contribution in [0, 0.1) is 17.5 Å². The monoisotopic (exact) mass is 266 g/mol. The Balaban J connectivity index is 2.45. The zero-order chi connectivity index (χ0) is 13.6. The van der Waals surface area contributed by atoms with Gasteiger partial charge in [0.05, 0.1) is 11.1 Å². The van der Waals surface area contributed by atoms with E-state index >= 15 is 0 Å². The highest BCUT2D eigenvalue weighted by Crippen LogP contribution is 2.36. The van der Waals surface area contributed by atoms with Crippen LogP contribution in [0.15, 0.2) is 6.07 Å². The van der Waals surface area contributed by atoms with E-state index in [0.717, 1.165) is 30.5 Å². The molecular formula is C14H13F3N2. The van der Waals surface area contributed by atoms with Crippen LogP contribution in [0.5, 0.6) is 0 Å². The number of fused-ring (bicyclic) bond motifs is 2. The molecule has 0 unspecified atom stereocenters. The predicted octanol–water partition coefficient (Wildman–Crippen LogP) is 3.57. The average molecular weight is 266 g/mol. The maximum Gasteiger partial charge on any atom is 0.170 e. The van der Waals surface area contributed by atoms with Crippen molar-refractivity contribution in [3.8, 4) is 0 Å². The summed E-state index contributed by atoms with van der Waals surface area (Å²) in [6, 6.07) is 0.557. The Labute approximate surface area is 108 Å². The second kappa shape index (κ2) is 4.40. The molecule has 2 nitrogen and oxygen atoms in total. The highest BCUT2D eigenvalue weighted by atomic mass is 19.2. The van der Waals surface area contributed by atoms with Gasteiger partial charge in [0, 0.05) is 18.3 Å². The van der Waals surface area contributed by atoms with E-state index in [1.165, 1.54) is 0 Å². The van der Waals surface area contributed by atoms with E-state index in [2.05, 4.69) is 10.3 Å². The Morgan fingerprint density at radius 1 is 1.21 bits per heavy atom. The number of benzene rings is 1. The van der Waals surface area contributed by atoms with Crippen LogP contribution in [0.4, 0.5) is 18.9 Å². The molecule has 0 atom stereocenters. The standard InChI is InChI=1S/C14H13F3N2/c1-2-18-13-7-4-3-5-10(7)19-14-9(16)6-8(15)12(17)11(13)14/h6H,2-5H2,1H3,(H,18,19). The topological polar surface area (TPSA) is 24.9 Å². The van der Waals surface area contributed by atoms with Crippen molar-refractivity contribution < 1.29 is 13.2 Å². The molecule has 0 amide bonds. The lowest BCUT2D eigenvalue weighted by Gasteiger charge is -2.14. The van der Waals surface area contributed by atoms with Gasteiger partial charge in [-0.3, -0.25) is 0 Å². The molecule has 0 aliphatic heterocycles. The Morgan fingerprint density at radius 2 is 2.00 bits per heavy atom. The number of aryl methyl sites for hydroxylation is 1. The van der Waals surface area contributed by atoms with Gasteiger partial charge in [0.25, 0.3) is 0 Å². The van der Waals surface area contributed by atoms with Crippen molar-refractivity contribution in [1.82, 2.24) is 4.98 Å². The van der Waals surface area contributed by atoms with E-state index in [9.17, 15) is 13.2 Å². The third-order valence-electron chi connectivity index (χ3n) is 3.49. The van der Waals surface area contributed by atoms with Crippen molar-refractivity contribution in [3.05, 3.63) is 34.8 Å². The molecule has 100 valence electrons. The zero-order valence-electron chi connectivity index (χ0n) is 10.5. The lowest BCUT2D eigenvalue weighted by molar-refractivity contribution is 0.505. The van der Waals surface area contributed by atoms with Gasteiger partial charge < -0.3 is 5.32 Å². The van der Waals surface area contributed by atoms with Crippen LogP contribution in [0.2, 0.25) is 0 Å². The minimum Gasteiger partial charge on any atom is -0.384 e. The molecule has 2 aromatic rings. The second-order valence-electron chi connectivity index (χ2n) is 4.67. The number of rotatable bonds is 2. The Hall–Kier alpha value is -1.78. The van der Waals surface area contributed by atoms with E-state index in [1.807, 2.05) is 6.92 Å². The van der Waals surface area contributed by atoms with E-state index in [-0.39, 0.29) is 10.9 Å². The highest BCUT2D eigenvalue weighted by Gasteiger charge is 2.24. The van der Waals surface area contributed by atoms with Crippen LogP contribution < -0.4 is 5.32 Å². The fraction of sp³-hybridized carbons (Fsp3) is 0.357. The zero-order valence-corrected chi connectivity index (χ0v) is 10.5. The molecule has 0 spiro atoms. The maximum atomic E-state index is 14.0. The minimum absolute atomic E-state index is 0.0694. The number of anilines is 1. The first-order chi connectivity index (χ1) is 9.13. The quantitative estimate of drug-likeness (QED) is 0.840. The van der Waals surface area contributed by atoms with E-state index in [1.54, 1.807) is 0 Å². The van der Waals surface area contributed by atoms with Gasteiger partial charge in [0.1, 0.15) is 5.52 Å². The molecule has 1 aliphatic rings. The van der Waals surface area contributed by atoms with Gasteiger partial charge in [-0.1, -0.05) is 0 Å². The highest BCUT2D eigenvalue weighted by molar-refractivity contribution is 5.94. The SMILES string of the molecule is CCNc1c2c(nc3c(F)cc(F)c(F)c13)CCC2. The maximum absolute atomic E-state index is 14.0. The Kier molecular flexibility index (Phi) is 2.84. The minimum atomic E-state index is -1.18. The van der Waals surface area contributed by atoms with Gasteiger partial charge in [0.2, 0.25) is 0 Å². The van der Waals surface area contributed by atoms with Gasteiger partial charge in [-0.05, 0) is 31.7 Å². The summed E-state index contributed by atoms with van der Waals surface area (Å²) in [7, 11) is 0. The summed E-state index contributed by atoms with van der Waals surface area (Å²) in [4.78, 5) is 4.18. The van der Waals surface area contributed by atoms with Crippen LogP contribution in [0.1, 0.15) is 24.6 Å². The molecule has 0 saturated heterocycles. The third kappa shape index (κ3) is 1.76. The van der Waals surface area contributed by atoms with Gasteiger partial charge in [-0.2, -0.15) is 0 Å². The number of pyridine rings is 1. The number of nitrogens with one attached hydrogen (secondary N) is 1. The van der Waals surface area contributed by atoms with Gasteiger partial charge in [0.15, 0.2) is 17.5 Å². The molecule has 3 rings (SSSR count). The number of hydrogen-bond acceptors (Lipinski definition) is 2. The molecule has 0 saturated carbocycles. The molecule has 1 heterocycles. The normalized spacial score (nSPS) is 13.9. The fourth-order valence-electron chi connectivity index (χ4n) is 2.70. The summed E-state index contributed by atoms with van der Waals surface area (Å²) in [5.41, 5.74) is 2.08. The first kappa shape index (κ1) is 12.3. The molecule has 0 radical (unpaired) electrons. The number of hydrogen-bond donors (Lipinski definition) is 1. The van der Waals surface area contributed by atoms with Gasteiger partial charge in [-0.25, -0.2) is 18.2 Å². The smallest absolute Gasteiger partial charge is 0.170 e. The lowest BCUT2D eigenvalue weighted by Crippen LogP contribution is -2.06. The van der Waals surface area contributed by atoms with Crippen LogP contribution in [0.25, 0.3) is 10.9 Å². The molecule has 19 heavy (non-hydrogen) atoms. The van der Waals surface area contributed by atoms with E-state index in [0.29, 0.717) is 18.3 Å². The van der Waals surface area contributed by atoms with E-state index < -0.39 is 17.5 Å². The molecule has 1 aliphatic carbocycles. The van der Waals surface area contributed by atoms with Gasteiger partial charge in [-0.15, -0.1) is 0 Å². The van der Waals surface area contributed by atoms with Gasteiger partial charge >= 0.3 is 0 Å². The summed E-state index contributed by atoms with van der Waals surface area (Å²) in [5.74, 6) is -3.03. The fourth-order valence-corrected chi connectivity index (χ4v) is 2.70. The molecule has 0 bridgehead atoms. The van der Waals surface area contributed by atoms with Crippen molar-refractivity contribution >= 4 is 16.6 Å². The number of halogens is 3. The summed E-state index contributed by atoms with van der Waals surface area (Å²) >= 11 is 0. The van der Waals surface area contributed by atoms with Crippen LogP contribution in [-0.4, -0.2) is 11.5 Å². The van der Waals surface area contributed by atoms with Crippen molar-refractivity contribution in [2.75, 3.05) is 11.9 Å². The molecule has 0 fully saturated rings. The summed E-state index contributed by atoms with van der Waals surface area (Å²) < 4.78 is 41.2. The van der Waals surface area contributed by atoms with Crippen molar-refractivity contribution in [3.63, 3.8) is 0 Å². The summed E-state index contributed by atoms with van der Waals surface area (Å²) in [6.07, 6.45) is 2.42. The number of nitrogens with zero attached hydrogens (tertiary/aromatic N) is 1. The molecular weight excluding hydrogens is 253 g/mol. The first-order valence-corrected chi connectivity index (χ1v) is 6.36. The van der Waals surface area contributed by atoms with E-state index in [4.69, 9.17) is 0 Å². The van der Waals surface area contributed by atoms with Crippen LogP contribution in [0.3, 0.4) is 0 Å². The second-order valence-corrected chi connectivity index (χ2v) is 4.67. The van der Waals surface area contributed by atoms with Crippen molar-refractivity contribution in [2.45, 2.75) is 26.2 Å². The average Bonchev–Trinajstić information content (AvgIpc) is 2.84. The summed E-state index contributed by atoms with van der Waals surface area (Å²) in [6.45, 7) is 2.42. The Morgan fingerprint density at radius 3 is 2.74 bits per heavy atom. The van der Waals surface area contributed by atoms with Crippen LogP contribution in [-0.2, 0) is 12.8 Å². The van der Waals surface area contributed by atoms with Crippen LogP contribution >= 0.6 is 0 Å². The molecule has 1 aromatic carbocycles. The summed E-state index contributed by atoms with van der Waals surface area (Å²) in [5, 5.41) is 2.96. The van der Waals surface area contributed by atoms with Crippen molar-refractivity contribution in [2.24, 2.45) is 0 Å².